The molecule has 21 heavy (non-hydrogen) atoms. The number of hydrogen-bond acceptors (Lipinski definition) is 5. The number of rotatable bonds is 8. The Morgan fingerprint density at radius 2 is 2.10 bits per heavy atom. The Morgan fingerprint density at radius 3 is 2.62 bits per heavy atom. The van der Waals surface area contributed by atoms with Crippen LogP contribution >= 0.6 is 0 Å². The van der Waals surface area contributed by atoms with Crippen LogP contribution < -0.4 is 15.8 Å². The predicted molar refractivity (Wildman–Crippen MR) is 78.9 cm³/mol. The van der Waals surface area contributed by atoms with Crippen LogP contribution in [-0.4, -0.2) is 23.5 Å². The van der Waals surface area contributed by atoms with Gasteiger partial charge >= 0.3 is 5.69 Å². The molecule has 0 aliphatic rings. The summed E-state index contributed by atoms with van der Waals surface area (Å²) in [6.07, 6.45) is -0.928. The van der Waals surface area contributed by atoms with Gasteiger partial charge in [0.2, 0.25) is 0 Å². The van der Waals surface area contributed by atoms with E-state index in [0.29, 0.717) is 12.5 Å². The fourth-order valence-corrected chi connectivity index (χ4v) is 1.67. The van der Waals surface area contributed by atoms with Crippen LogP contribution in [0.1, 0.15) is 26.3 Å². The highest BCUT2D eigenvalue weighted by Gasteiger charge is 2.20. The molecule has 1 unspecified atom stereocenters. The van der Waals surface area contributed by atoms with Crippen molar-refractivity contribution >= 4 is 11.6 Å². The van der Waals surface area contributed by atoms with Crippen molar-refractivity contribution in [2.75, 3.05) is 6.54 Å². The number of primary amides is 1. The molecule has 0 fully saturated rings. The molecule has 0 radical (unpaired) electrons. The van der Waals surface area contributed by atoms with Gasteiger partial charge in [-0.05, 0) is 31.0 Å². The maximum absolute atomic E-state index is 11.0. The lowest BCUT2D eigenvalue weighted by Crippen LogP contribution is -2.30. The molecule has 7 heteroatoms. The van der Waals surface area contributed by atoms with Crippen LogP contribution in [0.3, 0.4) is 0 Å². The lowest BCUT2D eigenvalue weighted by molar-refractivity contribution is -0.386. The minimum absolute atomic E-state index is 0.0511. The Kier molecular flexibility index (Phi) is 6.10. The molecule has 0 spiro atoms. The first-order valence-corrected chi connectivity index (χ1v) is 6.75. The van der Waals surface area contributed by atoms with Gasteiger partial charge in [0.25, 0.3) is 5.91 Å². The molecule has 0 bridgehead atoms. The lowest BCUT2D eigenvalue weighted by Gasteiger charge is -2.13. The van der Waals surface area contributed by atoms with Crippen LogP contribution in [0.4, 0.5) is 5.69 Å². The smallest absolute Gasteiger partial charge is 0.310 e. The van der Waals surface area contributed by atoms with E-state index < -0.39 is 16.9 Å². The third kappa shape index (κ3) is 5.39. The van der Waals surface area contributed by atoms with Crippen molar-refractivity contribution in [1.82, 2.24) is 5.32 Å². The van der Waals surface area contributed by atoms with Crippen LogP contribution in [0.25, 0.3) is 0 Å². The summed E-state index contributed by atoms with van der Waals surface area (Å²) in [4.78, 5) is 21.5. The molecule has 0 saturated carbocycles. The zero-order chi connectivity index (χ0) is 16.0. The highest BCUT2D eigenvalue weighted by atomic mass is 16.6. The van der Waals surface area contributed by atoms with Gasteiger partial charge in [-0.1, -0.05) is 19.9 Å². The topological polar surface area (TPSA) is 107 Å². The fourth-order valence-electron chi connectivity index (χ4n) is 1.67. The van der Waals surface area contributed by atoms with Crippen molar-refractivity contribution < 1.29 is 14.5 Å². The van der Waals surface area contributed by atoms with Gasteiger partial charge in [0, 0.05) is 12.6 Å². The van der Waals surface area contributed by atoms with Crippen molar-refractivity contribution in [3.8, 4) is 5.75 Å². The minimum atomic E-state index is -0.928. The summed E-state index contributed by atoms with van der Waals surface area (Å²) < 4.78 is 5.29. The second-order valence-corrected chi connectivity index (χ2v) is 5.25. The molecule has 3 N–H and O–H groups in total. The number of nitrogens with one attached hydrogen (secondary N) is 1. The number of nitrogens with zero attached hydrogens (tertiary/aromatic N) is 1. The first-order valence-electron chi connectivity index (χ1n) is 6.75. The minimum Gasteiger partial charge on any atom is -0.474 e. The summed E-state index contributed by atoms with van der Waals surface area (Å²) in [5, 5.41) is 14.2. The number of ether oxygens (including phenoxy) is 1. The van der Waals surface area contributed by atoms with E-state index in [4.69, 9.17) is 10.5 Å². The summed E-state index contributed by atoms with van der Waals surface area (Å²) in [5.74, 6) is -0.114. The molecule has 116 valence electrons. The molecule has 1 amide bonds. The number of nitro benzene ring substituents is 1. The highest BCUT2D eigenvalue weighted by molar-refractivity contribution is 5.78. The molecule has 1 aromatic carbocycles. The van der Waals surface area contributed by atoms with E-state index in [2.05, 4.69) is 19.2 Å². The maximum Gasteiger partial charge on any atom is 0.310 e. The van der Waals surface area contributed by atoms with Gasteiger partial charge in [-0.3, -0.25) is 14.9 Å². The summed E-state index contributed by atoms with van der Waals surface area (Å²) in [5.41, 5.74) is 5.77. The van der Waals surface area contributed by atoms with Crippen LogP contribution in [0, 0.1) is 16.0 Å². The standard InChI is InChI=1S/C14H21N3O4/c1-9(2)7-16-8-11-4-5-12(17(19)20)13(6-11)21-10(3)14(15)18/h4-6,9-10,16H,7-8H2,1-3H3,(H2,15,18). The molecule has 0 aromatic heterocycles. The highest BCUT2D eigenvalue weighted by Crippen LogP contribution is 2.28. The molecule has 0 aliphatic heterocycles. The maximum atomic E-state index is 11.0. The number of amides is 1. The van der Waals surface area contributed by atoms with Crippen LogP contribution in [0.2, 0.25) is 0 Å². The quantitative estimate of drug-likeness (QED) is 0.559. The SMILES string of the molecule is CC(C)CNCc1ccc([N+](=O)[O-])c(OC(C)C(N)=O)c1. The van der Waals surface area contributed by atoms with Crippen molar-refractivity contribution in [2.45, 2.75) is 33.4 Å². The van der Waals surface area contributed by atoms with E-state index in [0.717, 1.165) is 12.1 Å². The second kappa shape index (κ2) is 7.58. The zero-order valence-corrected chi connectivity index (χ0v) is 12.5. The normalized spacial score (nSPS) is 12.2. The number of benzene rings is 1. The Labute approximate surface area is 123 Å². The molecule has 0 aliphatic carbocycles. The van der Waals surface area contributed by atoms with Gasteiger partial charge in [0.15, 0.2) is 11.9 Å². The molecule has 0 saturated heterocycles. The predicted octanol–water partition coefficient (Wildman–Crippen LogP) is 1.59. The summed E-state index contributed by atoms with van der Waals surface area (Å²) in [6, 6.07) is 4.59. The van der Waals surface area contributed by atoms with E-state index in [9.17, 15) is 14.9 Å². The molecule has 1 atom stereocenters. The van der Waals surface area contributed by atoms with Crippen molar-refractivity contribution in [3.63, 3.8) is 0 Å². The number of nitro groups is 1. The monoisotopic (exact) mass is 295 g/mol. The average Bonchev–Trinajstić information content (AvgIpc) is 2.38. The summed E-state index contributed by atoms with van der Waals surface area (Å²) in [7, 11) is 0. The van der Waals surface area contributed by atoms with Gasteiger partial charge in [0.1, 0.15) is 0 Å². The van der Waals surface area contributed by atoms with Crippen LogP contribution in [-0.2, 0) is 11.3 Å². The number of nitrogens with two attached hydrogens (primary N) is 1. The zero-order valence-electron chi connectivity index (χ0n) is 12.5. The van der Waals surface area contributed by atoms with Crippen LogP contribution in [0.15, 0.2) is 18.2 Å². The third-order valence-electron chi connectivity index (χ3n) is 2.81. The Bertz CT molecular complexity index is 517. The summed E-state index contributed by atoms with van der Waals surface area (Å²) in [6.45, 7) is 7.04. The van der Waals surface area contributed by atoms with E-state index in [1.54, 1.807) is 12.1 Å². The molecule has 1 aromatic rings. The van der Waals surface area contributed by atoms with E-state index in [-0.39, 0.29) is 11.4 Å². The molecular formula is C14H21N3O4. The van der Waals surface area contributed by atoms with Gasteiger partial charge in [-0.25, -0.2) is 0 Å². The van der Waals surface area contributed by atoms with E-state index in [1.807, 2.05) is 0 Å². The Balaban J connectivity index is 2.90. The van der Waals surface area contributed by atoms with E-state index >= 15 is 0 Å². The largest absolute Gasteiger partial charge is 0.474 e. The van der Waals surface area contributed by atoms with Gasteiger partial charge in [0.05, 0.1) is 4.92 Å². The second-order valence-electron chi connectivity index (χ2n) is 5.25. The Hall–Kier alpha value is -2.15. The Morgan fingerprint density at radius 1 is 1.43 bits per heavy atom. The van der Waals surface area contributed by atoms with Crippen molar-refractivity contribution in [2.24, 2.45) is 11.7 Å². The van der Waals surface area contributed by atoms with Gasteiger partial charge in [-0.2, -0.15) is 0 Å². The summed E-state index contributed by atoms with van der Waals surface area (Å²) >= 11 is 0. The van der Waals surface area contributed by atoms with Crippen molar-refractivity contribution in [1.29, 1.82) is 0 Å². The number of hydrogen-bond donors (Lipinski definition) is 2. The van der Waals surface area contributed by atoms with Crippen LogP contribution in [0.5, 0.6) is 5.75 Å². The van der Waals surface area contributed by atoms with Gasteiger partial charge in [-0.15, -0.1) is 0 Å². The number of carbonyl (C=O) groups excluding carboxylic acids is 1. The molecular weight excluding hydrogens is 274 g/mol. The lowest BCUT2D eigenvalue weighted by atomic mass is 10.1. The molecule has 1 rings (SSSR count). The molecule has 0 heterocycles. The average molecular weight is 295 g/mol. The first-order chi connectivity index (χ1) is 9.81. The van der Waals surface area contributed by atoms with Crippen molar-refractivity contribution in [3.05, 3.63) is 33.9 Å². The third-order valence-corrected chi connectivity index (χ3v) is 2.81. The van der Waals surface area contributed by atoms with E-state index in [1.165, 1.54) is 13.0 Å². The molecule has 7 nitrogen and oxygen atoms in total. The number of carbonyl (C=O) groups is 1. The van der Waals surface area contributed by atoms with Gasteiger partial charge < -0.3 is 15.8 Å². The fraction of sp³-hybridized carbons (Fsp3) is 0.500. The first kappa shape index (κ1) is 16.9.